The summed E-state index contributed by atoms with van der Waals surface area (Å²) in [5.74, 6) is -1.42. The number of benzene rings is 2. The Bertz CT molecular complexity index is 1240. The van der Waals surface area contributed by atoms with Gasteiger partial charge in [-0.05, 0) is 54.7 Å². The molecule has 10 nitrogen and oxygen atoms in total. The molecule has 2 atom stereocenters. The van der Waals surface area contributed by atoms with Crippen molar-refractivity contribution in [1.82, 2.24) is 0 Å². The third-order valence-corrected chi connectivity index (χ3v) is 5.79. The highest BCUT2D eigenvalue weighted by Crippen LogP contribution is 2.24. The molecule has 0 amide bonds. The summed E-state index contributed by atoms with van der Waals surface area (Å²) in [4.78, 5) is 46.1. The molecule has 2 unspecified atom stereocenters. The van der Waals surface area contributed by atoms with Gasteiger partial charge in [-0.15, -0.1) is 0 Å². The number of ether oxygens (including phenoxy) is 6. The lowest BCUT2D eigenvalue weighted by Crippen LogP contribution is -2.30. The van der Waals surface area contributed by atoms with E-state index in [1.54, 1.807) is 0 Å². The molecule has 0 aliphatic carbocycles. The highest BCUT2D eigenvalue weighted by atomic mass is 16.6. The van der Waals surface area contributed by atoms with E-state index in [0.717, 1.165) is 46.6 Å². The Morgan fingerprint density at radius 3 is 1.30 bits per heavy atom. The smallest absolute Gasteiger partial charge is 0.330 e. The molecule has 0 aliphatic rings. The van der Waals surface area contributed by atoms with Crippen LogP contribution in [-0.2, 0) is 44.5 Å². The van der Waals surface area contributed by atoms with Gasteiger partial charge < -0.3 is 28.4 Å². The summed E-state index contributed by atoms with van der Waals surface area (Å²) in [7, 11) is 0. The Morgan fingerprint density at radius 2 is 0.977 bits per heavy atom. The first-order valence-electron chi connectivity index (χ1n) is 13.3. The molecule has 0 aliphatic heterocycles. The van der Waals surface area contributed by atoms with Gasteiger partial charge in [-0.3, -0.25) is 0 Å². The van der Waals surface area contributed by atoms with Crippen molar-refractivity contribution < 1.29 is 47.6 Å². The van der Waals surface area contributed by atoms with Crippen LogP contribution in [0.3, 0.4) is 0 Å². The van der Waals surface area contributed by atoms with Gasteiger partial charge in [-0.1, -0.05) is 50.6 Å². The summed E-state index contributed by atoms with van der Waals surface area (Å²) < 4.78 is 32.1. The van der Waals surface area contributed by atoms with Crippen LogP contribution in [-0.4, -0.2) is 62.5 Å². The number of hydrogen-bond donors (Lipinski definition) is 0. The van der Waals surface area contributed by atoms with Crippen LogP contribution in [0.1, 0.15) is 22.3 Å². The fraction of sp³-hybridized carbons (Fsp3) is 0.273. The fourth-order valence-electron chi connectivity index (χ4n) is 3.69. The highest BCUT2D eigenvalue weighted by molar-refractivity contribution is 5.82. The molecule has 0 radical (unpaired) electrons. The van der Waals surface area contributed by atoms with Crippen molar-refractivity contribution in [2.45, 2.75) is 32.5 Å². The van der Waals surface area contributed by atoms with Crippen LogP contribution >= 0.6 is 0 Å². The average molecular weight is 593 g/mol. The minimum Gasteiger partial charge on any atom is -0.489 e. The molecule has 0 fully saturated rings. The summed E-state index contributed by atoms with van der Waals surface area (Å²) in [6.45, 7) is 16.8. The molecule has 0 spiro atoms. The van der Waals surface area contributed by atoms with Gasteiger partial charge in [0.1, 0.15) is 37.9 Å². The normalized spacial score (nSPS) is 11.6. The quantitative estimate of drug-likeness (QED) is 0.141. The van der Waals surface area contributed by atoms with E-state index in [1.807, 2.05) is 50.2 Å². The molecule has 10 heteroatoms. The molecule has 2 rings (SSSR count). The largest absolute Gasteiger partial charge is 0.489 e. The van der Waals surface area contributed by atoms with E-state index >= 15 is 0 Å². The number of carbonyl (C=O) groups excluding carboxylic acids is 4. The van der Waals surface area contributed by atoms with Crippen molar-refractivity contribution in [1.29, 1.82) is 0 Å². The van der Waals surface area contributed by atoms with E-state index in [-0.39, 0.29) is 26.4 Å². The van der Waals surface area contributed by atoms with Crippen molar-refractivity contribution in [2.24, 2.45) is 0 Å². The second kappa shape index (κ2) is 17.6. The molecule has 2 aromatic carbocycles. The van der Waals surface area contributed by atoms with Crippen molar-refractivity contribution in [3.8, 4) is 11.5 Å². The molecule has 2 aromatic rings. The Morgan fingerprint density at radius 1 is 0.605 bits per heavy atom. The zero-order valence-corrected chi connectivity index (χ0v) is 24.4. The molecule has 0 N–H and O–H groups in total. The van der Waals surface area contributed by atoms with Gasteiger partial charge in [0, 0.05) is 24.3 Å². The molecule has 0 heterocycles. The van der Waals surface area contributed by atoms with Gasteiger partial charge in [-0.25, -0.2) is 19.2 Å². The van der Waals surface area contributed by atoms with Gasteiger partial charge >= 0.3 is 23.9 Å². The van der Waals surface area contributed by atoms with Gasteiger partial charge in [0.25, 0.3) is 0 Å². The lowest BCUT2D eigenvalue weighted by molar-refractivity contribution is -0.154. The second-order valence-electron chi connectivity index (χ2n) is 9.19. The zero-order valence-electron chi connectivity index (χ0n) is 24.4. The predicted molar refractivity (Wildman–Crippen MR) is 159 cm³/mol. The number of esters is 4. The Hall–Kier alpha value is -5.12. The van der Waals surface area contributed by atoms with Gasteiger partial charge in [0.2, 0.25) is 0 Å². The summed E-state index contributed by atoms with van der Waals surface area (Å²) >= 11 is 0. The van der Waals surface area contributed by atoms with E-state index in [0.29, 0.717) is 17.9 Å². The predicted octanol–water partition coefficient (Wildman–Crippen LogP) is 4.31. The van der Waals surface area contributed by atoms with Crippen molar-refractivity contribution in [3.63, 3.8) is 0 Å². The maximum Gasteiger partial charge on any atom is 0.330 e. The van der Waals surface area contributed by atoms with Gasteiger partial charge in [-0.2, -0.15) is 0 Å². The number of rotatable bonds is 18. The Kier molecular flexibility index (Phi) is 14.0. The fourth-order valence-corrected chi connectivity index (χ4v) is 3.69. The Balaban J connectivity index is 2.01. The summed E-state index contributed by atoms with van der Waals surface area (Å²) in [6, 6.07) is 11.5. The molecule has 0 saturated heterocycles. The van der Waals surface area contributed by atoms with Crippen LogP contribution in [0.4, 0.5) is 0 Å². The second-order valence-corrected chi connectivity index (χ2v) is 9.19. The third kappa shape index (κ3) is 12.1. The number of carbonyl (C=O) groups is 4. The average Bonchev–Trinajstić information content (AvgIpc) is 3.00. The standard InChI is InChI=1S/C33H36O10/c1-7-30(34)40-20-26(42-32(36)9-3)18-38-28-13-11-24(15-22(28)5)17-25-12-14-29(23(6)16-25)39-19-27(43-33(37)10-4)21-41-31(35)8-2/h7-16,26-27H,1-4,17-21H2,5-6H3. The van der Waals surface area contributed by atoms with E-state index < -0.39 is 36.1 Å². The first-order valence-corrected chi connectivity index (χ1v) is 13.3. The maximum atomic E-state index is 11.6. The monoisotopic (exact) mass is 592 g/mol. The third-order valence-electron chi connectivity index (χ3n) is 5.79. The van der Waals surface area contributed by atoms with Crippen molar-refractivity contribution >= 4 is 23.9 Å². The summed E-state index contributed by atoms with van der Waals surface area (Å²) in [5, 5.41) is 0. The topological polar surface area (TPSA) is 124 Å². The lowest BCUT2D eigenvalue weighted by atomic mass is 10.0. The van der Waals surface area contributed by atoms with Crippen LogP contribution in [0.25, 0.3) is 0 Å². The van der Waals surface area contributed by atoms with Crippen LogP contribution in [0.15, 0.2) is 87.0 Å². The van der Waals surface area contributed by atoms with E-state index in [2.05, 4.69) is 26.3 Å². The first kappa shape index (κ1) is 34.1. The SMILES string of the molecule is C=CC(=O)OCC(COc1ccc(Cc2ccc(OCC(COC(=O)C=C)OC(=O)C=C)c(C)c2)cc1C)OC(=O)C=C. The lowest BCUT2D eigenvalue weighted by Gasteiger charge is -2.19. The minimum absolute atomic E-state index is 0.0326. The molecule has 0 bridgehead atoms. The molecule has 43 heavy (non-hydrogen) atoms. The molecule has 0 saturated carbocycles. The van der Waals surface area contributed by atoms with Crippen LogP contribution < -0.4 is 9.47 Å². The maximum absolute atomic E-state index is 11.6. The van der Waals surface area contributed by atoms with Crippen LogP contribution in [0.5, 0.6) is 11.5 Å². The zero-order chi connectivity index (χ0) is 31.8. The van der Waals surface area contributed by atoms with E-state index in [9.17, 15) is 19.2 Å². The summed E-state index contributed by atoms with van der Waals surface area (Å²) in [6.07, 6.45) is 3.05. The first-order chi connectivity index (χ1) is 20.6. The molecular formula is C33H36O10. The molecule has 228 valence electrons. The van der Waals surface area contributed by atoms with Crippen LogP contribution in [0.2, 0.25) is 0 Å². The van der Waals surface area contributed by atoms with E-state index in [1.165, 1.54) is 0 Å². The van der Waals surface area contributed by atoms with Crippen molar-refractivity contribution in [2.75, 3.05) is 26.4 Å². The highest BCUT2D eigenvalue weighted by Gasteiger charge is 2.18. The van der Waals surface area contributed by atoms with Gasteiger partial charge in [0.15, 0.2) is 12.2 Å². The minimum atomic E-state index is -0.830. The van der Waals surface area contributed by atoms with Gasteiger partial charge in [0.05, 0.1) is 0 Å². The number of aryl methyl sites for hydroxylation is 2. The Labute approximate surface area is 251 Å². The number of hydrogen-bond acceptors (Lipinski definition) is 10. The van der Waals surface area contributed by atoms with Crippen molar-refractivity contribution in [3.05, 3.63) is 109 Å². The molecule has 0 aromatic heterocycles. The van der Waals surface area contributed by atoms with Crippen LogP contribution in [0, 0.1) is 13.8 Å². The van der Waals surface area contributed by atoms with E-state index in [4.69, 9.17) is 28.4 Å². The molecular weight excluding hydrogens is 556 g/mol. The summed E-state index contributed by atoms with van der Waals surface area (Å²) in [5.41, 5.74) is 3.80.